The molecule has 2 heterocycles. The number of benzene rings is 1. The minimum atomic E-state index is -0.243. The van der Waals surface area contributed by atoms with Crippen LogP contribution in [0.4, 0.5) is 0 Å². The number of rotatable bonds is 8. The number of amides is 2. The molecule has 2 amide bonds. The van der Waals surface area contributed by atoms with Crippen molar-refractivity contribution < 1.29 is 24.2 Å². The lowest BCUT2D eigenvalue weighted by Gasteiger charge is -2.34. The summed E-state index contributed by atoms with van der Waals surface area (Å²) in [7, 11) is 0. The topological polar surface area (TPSA) is 100 Å². The number of ether oxygens (including phenoxy) is 2. The van der Waals surface area contributed by atoms with Gasteiger partial charge in [0.05, 0.1) is 6.04 Å². The molecule has 3 N–H and O–H groups in total. The summed E-state index contributed by atoms with van der Waals surface area (Å²) in [6.07, 6.45) is 2.06. The van der Waals surface area contributed by atoms with E-state index >= 15 is 0 Å². The van der Waals surface area contributed by atoms with Crippen molar-refractivity contribution >= 4 is 11.8 Å². The SMILES string of the molecule is C[C@H](C(=O)NCc1ccc2c(c1)OCO2)N1CCC(C(=O)NCCCO)CC1. The maximum atomic E-state index is 12.5. The molecule has 0 bridgehead atoms. The molecule has 0 unspecified atom stereocenters. The second-order valence-electron chi connectivity index (χ2n) is 7.26. The van der Waals surface area contributed by atoms with Gasteiger partial charge in [0.1, 0.15) is 0 Å². The Bertz CT molecular complexity index is 688. The summed E-state index contributed by atoms with van der Waals surface area (Å²) in [4.78, 5) is 26.8. The van der Waals surface area contributed by atoms with Crippen molar-refractivity contribution in [1.82, 2.24) is 15.5 Å². The van der Waals surface area contributed by atoms with E-state index in [0.717, 1.165) is 37.2 Å². The minimum Gasteiger partial charge on any atom is -0.454 e. The number of nitrogens with zero attached hydrogens (tertiary/aromatic N) is 1. The molecule has 0 aromatic heterocycles. The van der Waals surface area contributed by atoms with Crippen molar-refractivity contribution in [2.24, 2.45) is 5.92 Å². The van der Waals surface area contributed by atoms with Crippen LogP contribution in [0.3, 0.4) is 0 Å². The molecule has 2 aliphatic rings. The smallest absolute Gasteiger partial charge is 0.237 e. The van der Waals surface area contributed by atoms with E-state index in [9.17, 15) is 9.59 Å². The molecule has 1 atom stereocenters. The molecule has 2 aliphatic heterocycles. The van der Waals surface area contributed by atoms with Crippen molar-refractivity contribution in [3.63, 3.8) is 0 Å². The predicted octanol–water partition coefficient (Wildman–Crippen LogP) is 0.631. The molecule has 0 aliphatic carbocycles. The third kappa shape index (κ3) is 5.14. The van der Waals surface area contributed by atoms with Crippen LogP contribution in [-0.4, -0.2) is 60.9 Å². The first kappa shape index (κ1) is 20.4. The number of fused-ring (bicyclic) bond motifs is 1. The fourth-order valence-corrected chi connectivity index (χ4v) is 3.54. The molecule has 1 aromatic rings. The van der Waals surface area contributed by atoms with Gasteiger partial charge in [0, 0.05) is 25.6 Å². The van der Waals surface area contributed by atoms with Crippen molar-refractivity contribution in [2.45, 2.75) is 38.8 Å². The first-order chi connectivity index (χ1) is 13.6. The number of likely N-dealkylation sites (tertiary alicyclic amines) is 1. The van der Waals surface area contributed by atoms with Crippen molar-refractivity contribution in [1.29, 1.82) is 0 Å². The van der Waals surface area contributed by atoms with E-state index in [-0.39, 0.29) is 37.2 Å². The highest BCUT2D eigenvalue weighted by atomic mass is 16.7. The Morgan fingerprint density at radius 1 is 1.21 bits per heavy atom. The van der Waals surface area contributed by atoms with Crippen LogP contribution in [0, 0.1) is 5.92 Å². The van der Waals surface area contributed by atoms with E-state index in [4.69, 9.17) is 14.6 Å². The number of carbonyl (C=O) groups excluding carboxylic acids is 2. The lowest BCUT2D eigenvalue weighted by Crippen LogP contribution is -2.49. The molecular formula is C20H29N3O5. The highest BCUT2D eigenvalue weighted by molar-refractivity contribution is 5.81. The average Bonchev–Trinajstić information content (AvgIpc) is 3.19. The summed E-state index contributed by atoms with van der Waals surface area (Å²) in [5.41, 5.74) is 0.961. The standard InChI is InChI=1S/C20H29N3O5/c1-14(23-8-5-16(6-9-23)20(26)21-7-2-10-24)19(25)22-12-15-3-4-17-18(11-15)28-13-27-17/h3-4,11,14,16,24H,2,5-10,12-13H2,1H3,(H,21,26)(H,22,25)/t14-/m1/s1. The van der Waals surface area contributed by atoms with Gasteiger partial charge in [-0.25, -0.2) is 0 Å². The number of nitrogens with one attached hydrogen (secondary N) is 2. The fraction of sp³-hybridized carbons (Fsp3) is 0.600. The van der Waals surface area contributed by atoms with Crippen LogP contribution < -0.4 is 20.1 Å². The molecular weight excluding hydrogens is 362 g/mol. The zero-order chi connectivity index (χ0) is 19.9. The molecule has 1 saturated heterocycles. The highest BCUT2D eigenvalue weighted by Gasteiger charge is 2.29. The van der Waals surface area contributed by atoms with Gasteiger partial charge in [-0.2, -0.15) is 0 Å². The first-order valence-corrected chi connectivity index (χ1v) is 9.87. The third-order valence-electron chi connectivity index (χ3n) is 5.37. The van der Waals surface area contributed by atoms with Crippen LogP contribution >= 0.6 is 0 Å². The van der Waals surface area contributed by atoms with Gasteiger partial charge in [-0.1, -0.05) is 6.07 Å². The third-order valence-corrected chi connectivity index (χ3v) is 5.37. The summed E-state index contributed by atoms with van der Waals surface area (Å²) in [5, 5.41) is 14.6. The van der Waals surface area contributed by atoms with Crippen LogP contribution in [0.5, 0.6) is 11.5 Å². The van der Waals surface area contributed by atoms with Crippen LogP contribution in [0.25, 0.3) is 0 Å². The lowest BCUT2D eigenvalue weighted by molar-refractivity contribution is -0.128. The number of aliphatic hydroxyl groups is 1. The Morgan fingerprint density at radius 3 is 2.71 bits per heavy atom. The van der Waals surface area contributed by atoms with Gasteiger partial charge in [0.2, 0.25) is 18.6 Å². The number of hydrogen-bond acceptors (Lipinski definition) is 6. The van der Waals surface area contributed by atoms with E-state index in [0.29, 0.717) is 25.3 Å². The van der Waals surface area contributed by atoms with Crippen molar-refractivity contribution in [2.75, 3.05) is 33.0 Å². The average molecular weight is 391 g/mol. The first-order valence-electron chi connectivity index (χ1n) is 9.87. The number of piperidine rings is 1. The lowest BCUT2D eigenvalue weighted by atomic mass is 9.95. The van der Waals surface area contributed by atoms with Gasteiger partial charge in [-0.05, 0) is 57.0 Å². The molecule has 8 heteroatoms. The van der Waals surface area contributed by atoms with Crippen molar-refractivity contribution in [3.05, 3.63) is 23.8 Å². The number of hydrogen-bond donors (Lipinski definition) is 3. The normalized spacial score (nSPS) is 17.9. The number of aliphatic hydroxyl groups excluding tert-OH is 1. The molecule has 1 fully saturated rings. The Labute approximate surface area is 165 Å². The maximum Gasteiger partial charge on any atom is 0.237 e. The van der Waals surface area contributed by atoms with Crippen LogP contribution in [-0.2, 0) is 16.1 Å². The van der Waals surface area contributed by atoms with Crippen LogP contribution in [0.15, 0.2) is 18.2 Å². The number of carbonyl (C=O) groups is 2. The van der Waals surface area contributed by atoms with Gasteiger partial charge in [0.15, 0.2) is 11.5 Å². The van der Waals surface area contributed by atoms with E-state index in [1.807, 2.05) is 25.1 Å². The van der Waals surface area contributed by atoms with Gasteiger partial charge < -0.3 is 25.2 Å². The second-order valence-corrected chi connectivity index (χ2v) is 7.26. The van der Waals surface area contributed by atoms with Gasteiger partial charge in [-0.15, -0.1) is 0 Å². The zero-order valence-corrected chi connectivity index (χ0v) is 16.3. The summed E-state index contributed by atoms with van der Waals surface area (Å²) >= 11 is 0. The Morgan fingerprint density at radius 2 is 1.96 bits per heavy atom. The van der Waals surface area contributed by atoms with Gasteiger partial charge >= 0.3 is 0 Å². The maximum absolute atomic E-state index is 12.5. The molecule has 28 heavy (non-hydrogen) atoms. The molecule has 8 nitrogen and oxygen atoms in total. The predicted molar refractivity (Wildman–Crippen MR) is 103 cm³/mol. The van der Waals surface area contributed by atoms with Crippen LogP contribution in [0.1, 0.15) is 31.7 Å². The summed E-state index contributed by atoms with van der Waals surface area (Å²) in [6, 6.07) is 5.41. The minimum absolute atomic E-state index is 0.0150. The summed E-state index contributed by atoms with van der Waals surface area (Å²) < 4.78 is 10.7. The van der Waals surface area contributed by atoms with E-state index < -0.39 is 0 Å². The van der Waals surface area contributed by atoms with E-state index in [1.54, 1.807) is 0 Å². The highest BCUT2D eigenvalue weighted by Crippen LogP contribution is 2.32. The molecule has 154 valence electrons. The van der Waals surface area contributed by atoms with Crippen molar-refractivity contribution in [3.8, 4) is 11.5 Å². The van der Waals surface area contributed by atoms with Gasteiger partial charge in [-0.3, -0.25) is 14.5 Å². The van der Waals surface area contributed by atoms with Gasteiger partial charge in [0.25, 0.3) is 0 Å². The molecule has 0 radical (unpaired) electrons. The molecule has 0 saturated carbocycles. The molecule has 1 aromatic carbocycles. The fourth-order valence-electron chi connectivity index (χ4n) is 3.54. The zero-order valence-electron chi connectivity index (χ0n) is 16.3. The molecule has 3 rings (SSSR count). The Kier molecular flexibility index (Phi) is 7.11. The van der Waals surface area contributed by atoms with E-state index in [2.05, 4.69) is 15.5 Å². The van der Waals surface area contributed by atoms with E-state index in [1.165, 1.54) is 0 Å². The summed E-state index contributed by atoms with van der Waals surface area (Å²) in [5.74, 6) is 1.45. The Balaban J connectivity index is 1.41. The second kappa shape index (κ2) is 9.75. The quantitative estimate of drug-likeness (QED) is 0.562. The molecule has 0 spiro atoms. The monoisotopic (exact) mass is 391 g/mol. The van der Waals surface area contributed by atoms with Crippen LogP contribution in [0.2, 0.25) is 0 Å². The Hall–Kier alpha value is -2.32. The summed E-state index contributed by atoms with van der Waals surface area (Å²) in [6.45, 7) is 4.59. The largest absolute Gasteiger partial charge is 0.454 e.